The Hall–Kier alpha value is -2.01. The summed E-state index contributed by atoms with van der Waals surface area (Å²) < 4.78 is 44.8. The van der Waals surface area contributed by atoms with Gasteiger partial charge in [-0.05, 0) is 36.8 Å². The first-order valence-electron chi connectivity index (χ1n) is 5.58. The van der Waals surface area contributed by atoms with Crippen molar-refractivity contribution in [3.8, 4) is 11.5 Å². The molecule has 0 radical (unpaired) electrons. The highest BCUT2D eigenvalue weighted by atomic mass is 19.1. The van der Waals surface area contributed by atoms with Crippen LogP contribution in [0.25, 0.3) is 0 Å². The molecule has 2 aromatic rings. The second kappa shape index (κ2) is 5.32. The standard InChI is InChI=1S/C14H11F3O2/c1-8(18)9-2-4-13(11(16)6-9)19-14-5-3-10(15)7-12(14)17/h2-8,18H,1H3/t8-/m1/s1. The summed E-state index contributed by atoms with van der Waals surface area (Å²) >= 11 is 0. The van der Waals surface area contributed by atoms with Gasteiger partial charge in [0.1, 0.15) is 5.82 Å². The molecule has 0 heterocycles. The zero-order valence-electron chi connectivity index (χ0n) is 10.0. The third-order valence-corrected chi connectivity index (χ3v) is 2.55. The van der Waals surface area contributed by atoms with Crippen LogP contribution in [-0.4, -0.2) is 5.11 Å². The normalized spacial score (nSPS) is 12.3. The summed E-state index contributed by atoms with van der Waals surface area (Å²) in [4.78, 5) is 0. The Balaban J connectivity index is 2.28. The predicted octanol–water partition coefficient (Wildman–Crippen LogP) is 3.95. The van der Waals surface area contributed by atoms with Crippen molar-refractivity contribution >= 4 is 0 Å². The largest absolute Gasteiger partial charge is 0.451 e. The van der Waals surface area contributed by atoms with E-state index in [2.05, 4.69) is 0 Å². The van der Waals surface area contributed by atoms with Gasteiger partial charge in [0.15, 0.2) is 23.1 Å². The van der Waals surface area contributed by atoms with Crippen LogP contribution in [0.1, 0.15) is 18.6 Å². The lowest BCUT2D eigenvalue weighted by atomic mass is 10.1. The fourth-order valence-corrected chi connectivity index (χ4v) is 1.54. The van der Waals surface area contributed by atoms with Crippen LogP contribution < -0.4 is 4.74 Å². The van der Waals surface area contributed by atoms with Crippen LogP contribution in [-0.2, 0) is 0 Å². The van der Waals surface area contributed by atoms with Crippen molar-refractivity contribution in [2.24, 2.45) is 0 Å². The van der Waals surface area contributed by atoms with Crippen LogP contribution in [0.5, 0.6) is 11.5 Å². The lowest BCUT2D eigenvalue weighted by Gasteiger charge is -2.10. The molecule has 5 heteroatoms. The van der Waals surface area contributed by atoms with Gasteiger partial charge in [0, 0.05) is 6.07 Å². The SMILES string of the molecule is C[C@@H](O)c1ccc(Oc2ccc(F)cc2F)c(F)c1. The summed E-state index contributed by atoms with van der Waals surface area (Å²) in [6.45, 7) is 1.49. The number of aliphatic hydroxyl groups excluding tert-OH is 1. The molecule has 0 unspecified atom stereocenters. The lowest BCUT2D eigenvalue weighted by molar-refractivity contribution is 0.198. The van der Waals surface area contributed by atoms with E-state index < -0.39 is 23.6 Å². The number of aliphatic hydroxyl groups is 1. The maximum Gasteiger partial charge on any atom is 0.168 e. The molecule has 2 rings (SSSR count). The maximum absolute atomic E-state index is 13.7. The Morgan fingerprint density at radius 3 is 2.05 bits per heavy atom. The van der Waals surface area contributed by atoms with E-state index in [9.17, 15) is 18.3 Å². The highest BCUT2D eigenvalue weighted by Gasteiger charge is 2.11. The first-order chi connectivity index (χ1) is 8.97. The summed E-state index contributed by atoms with van der Waals surface area (Å²) in [5.74, 6) is -2.86. The van der Waals surface area contributed by atoms with Gasteiger partial charge in [0.2, 0.25) is 0 Å². The molecule has 1 atom stereocenters. The van der Waals surface area contributed by atoms with E-state index in [1.165, 1.54) is 19.1 Å². The number of halogens is 3. The van der Waals surface area contributed by atoms with Crippen molar-refractivity contribution in [2.75, 3.05) is 0 Å². The topological polar surface area (TPSA) is 29.5 Å². The molecule has 0 aliphatic rings. The van der Waals surface area contributed by atoms with Gasteiger partial charge in [-0.25, -0.2) is 13.2 Å². The van der Waals surface area contributed by atoms with Crippen molar-refractivity contribution in [3.05, 3.63) is 59.4 Å². The smallest absolute Gasteiger partial charge is 0.168 e. The minimum atomic E-state index is -0.918. The third-order valence-electron chi connectivity index (χ3n) is 2.55. The van der Waals surface area contributed by atoms with Gasteiger partial charge in [0.25, 0.3) is 0 Å². The van der Waals surface area contributed by atoms with Gasteiger partial charge in [-0.15, -0.1) is 0 Å². The fraction of sp³-hybridized carbons (Fsp3) is 0.143. The number of benzene rings is 2. The molecule has 100 valence electrons. The predicted molar refractivity (Wildman–Crippen MR) is 63.5 cm³/mol. The van der Waals surface area contributed by atoms with Gasteiger partial charge >= 0.3 is 0 Å². The molecule has 0 amide bonds. The van der Waals surface area contributed by atoms with E-state index in [-0.39, 0.29) is 11.5 Å². The van der Waals surface area contributed by atoms with Gasteiger partial charge in [0.05, 0.1) is 6.10 Å². The van der Waals surface area contributed by atoms with Crippen molar-refractivity contribution in [1.82, 2.24) is 0 Å². The monoisotopic (exact) mass is 268 g/mol. The summed E-state index contributed by atoms with van der Waals surface area (Å²) in [6, 6.07) is 6.58. The first kappa shape index (κ1) is 13.4. The van der Waals surface area contributed by atoms with Crippen LogP contribution in [0, 0.1) is 17.5 Å². The average molecular weight is 268 g/mol. The molecule has 0 aliphatic heterocycles. The highest BCUT2D eigenvalue weighted by Crippen LogP contribution is 2.28. The van der Waals surface area contributed by atoms with Gasteiger partial charge in [-0.2, -0.15) is 0 Å². The van der Waals surface area contributed by atoms with E-state index in [0.717, 1.165) is 18.2 Å². The summed E-state index contributed by atoms with van der Waals surface area (Å²) in [6.07, 6.45) is -0.814. The molecule has 1 N–H and O–H groups in total. The van der Waals surface area contributed by atoms with Crippen LogP contribution in [0.3, 0.4) is 0 Å². The van der Waals surface area contributed by atoms with Crippen LogP contribution in [0.2, 0.25) is 0 Å². The molecule has 0 saturated heterocycles. The molecular weight excluding hydrogens is 257 g/mol. The zero-order chi connectivity index (χ0) is 14.0. The molecule has 2 nitrogen and oxygen atoms in total. The minimum Gasteiger partial charge on any atom is -0.451 e. The summed E-state index contributed by atoms with van der Waals surface area (Å²) in [7, 11) is 0. The molecule has 19 heavy (non-hydrogen) atoms. The molecule has 0 spiro atoms. The van der Waals surface area contributed by atoms with E-state index in [0.29, 0.717) is 11.6 Å². The van der Waals surface area contributed by atoms with Gasteiger partial charge in [-0.1, -0.05) is 6.07 Å². The summed E-state index contributed by atoms with van der Waals surface area (Å²) in [5.41, 5.74) is 0.379. The second-order valence-corrected chi connectivity index (χ2v) is 4.04. The van der Waals surface area contributed by atoms with Crippen molar-refractivity contribution in [1.29, 1.82) is 0 Å². The number of ether oxygens (including phenoxy) is 1. The van der Waals surface area contributed by atoms with Crippen molar-refractivity contribution in [2.45, 2.75) is 13.0 Å². The van der Waals surface area contributed by atoms with E-state index in [4.69, 9.17) is 4.74 Å². The quantitative estimate of drug-likeness (QED) is 0.913. The highest BCUT2D eigenvalue weighted by molar-refractivity contribution is 5.35. The molecule has 0 aromatic heterocycles. The number of rotatable bonds is 3. The zero-order valence-corrected chi connectivity index (χ0v) is 10.0. The molecule has 0 aliphatic carbocycles. The Morgan fingerprint density at radius 2 is 1.53 bits per heavy atom. The maximum atomic E-state index is 13.7. The third kappa shape index (κ3) is 3.06. The molecular formula is C14H11F3O2. The van der Waals surface area contributed by atoms with E-state index in [1.807, 2.05) is 0 Å². The van der Waals surface area contributed by atoms with Crippen molar-refractivity contribution in [3.63, 3.8) is 0 Å². The second-order valence-electron chi connectivity index (χ2n) is 4.04. The van der Waals surface area contributed by atoms with Crippen molar-refractivity contribution < 1.29 is 23.0 Å². The Kier molecular flexibility index (Phi) is 3.76. The Labute approximate surface area is 108 Å². The molecule has 0 saturated carbocycles. The Bertz CT molecular complexity index is 597. The Morgan fingerprint density at radius 1 is 0.947 bits per heavy atom. The molecule has 0 bridgehead atoms. The molecule has 0 fully saturated rings. The first-order valence-corrected chi connectivity index (χ1v) is 5.58. The van der Waals surface area contributed by atoms with E-state index >= 15 is 0 Å². The minimum absolute atomic E-state index is 0.199. The van der Waals surface area contributed by atoms with Gasteiger partial charge in [-0.3, -0.25) is 0 Å². The average Bonchev–Trinajstić information content (AvgIpc) is 2.34. The van der Waals surface area contributed by atoms with Crippen LogP contribution in [0.15, 0.2) is 36.4 Å². The molecule has 2 aromatic carbocycles. The van der Waals surface area contributed by atoms with E-state index in [1.54, 1.807) is 0 Å². The lowest BCUT2D eigenvalue weighted by Crippen LogP contribution is -1.96. The summed E-state index contributed by atoms with van der Waals surface area (Å²) in [5, 5.41) is 9.29. The number of hydrogen-bond acceptors (Lipinski definition) is 2. The van der Waals surface area contributed by atoms with Gasteiger partial charge < -0.3 is 9.84 Å². The fourth-order valence-electron chi connectivity index (χ4n) is 1.54. The van der Waals surface area contributed by atoms with Crippen LogP contribution >= 0.6 is 0 Å². The number of hydrogen-bond donors (Lipinski definition) is 1. The van der Waals surface area contributed by atoms with Crippen LogP contribution in [0.4, 0.5) is 13.2 Å².